The minimum absolute atomic E-state index is 0.0115. The summed E-state index contributed by atoms with van der Waals surface area (Å²) in [6, 6.07) is 4.94. The van der Waals surface area contributed by atoms with Gasteiger partial charge in [0.15, 0.2) is 0 Å². The fourth-order valence-electron chi connectivity index (χ4n) is 6.48. The Morgan fingerprint density at radius 1 is 1.17 bits per heavy atom. The molecule has 186 valence electrons. The number of imide groups is 1. The summed E-state index contributed by atoms with van der Waals surface area (Å²) in [5, 5.41) is 5.20. The molecule has 2 unspecified atom stereocenters. The van der Waals surface area contributed by atoms with E-state index >= 15 is 0 Å². The van der Waals surface area contributed by atoms with Crippen molar-refractivity contribution in [1.29, 1.82) is 0 Å². The first-order valence-electron chi connectivity index (χ1n) is 13.1. The first kappa shape index (κ1) is 22.6. The second-order valence-corrected chi connectivity index (χ2v) is 11.4. The van der Waals surface area contributed by atoms with E-state index in [0.29, 0.717) is 35.8 Å². The molecule has 0 bridgehead atoms. The molecular weight excluding hydrogens is 446 g/mol. The average molecular weight is 480 g/mol. The van der Waals surface area contributed by atoms with Crippen molar-refractivity contribution in [3.05, 3.63) is 34.9 Å². The molecule has 1 aromatic carbocycles. The van der Waals surface area contributed by atoms with Crippen molar-refractivity contribution in [2.75, 3.05) is 0 Å². The van der Waals surface area contributed by atoms with Crippen LogP contribution in [0.3, 0.4) is 0 Å². The summed E-state index contributed by atoms with van der Waals surface area (Å²) >= 11 is 0. The fourth-order valence-corrected chi connectivity index (χ4v) is 6.48. The number of ether oxygens (including phenoxy) is 1. The normalized spacial score (nSPS) is 26.0. The highest BCUT2D eigenvalue weighted by atomic mass is 16.6. The van der Waals surface area contributed by atoms with Gasteiger partial charge < -0.3 is 15.0 Å². The number of benzene rings is 1. The molecule has 4 fully saturated rings. The third-order valence-electron chi connectivity index (χ3n) is 8.88. The lowest BCUT2D eigenvalue weighted by Crippen LogP contribution is -2.52. The van der Waals surface area contributed by atoms with E-state index in [4.69, 9.17) is 4.74 Å². The molecule has 2 heterocycles. The van der Waals surface area contributed by atoms with Gasteiger partial charge in [-0.3, -0.25) is 19.7 Å². The van der Waals surface area contributed by atoms with Crippen LogP contribution in [0.2, 0.25) is 0 Å². The Bertz CT molecular complexity index is 1070. The minimum Gasteiger partial charge on any atom is -0.446 e. The van der Waals surface area contributed by atoms with Crippen LogP contribution in [0.25, 0.3) is 0 Å². The molecule has 0 radical (unpaired) electrons. The lowest BCUT2D eigenvalue weighted by Gasteiger charge is -2.56. The molecule has 6 rings (SSSR count). The number of hydrogen-bond acceptors (Lipinski definition) is 5. The quantitative estimate of drug-likeness (QED) is 0.583. The summed E-state index contributed by atoms with van der Waals surface area (Å²) in [6.45, 7) is 0.629. The Morgan fingerprint density at radius 2 is 1.97 bits per heavy atom. The van der Waals surface area contributed by atoms with E-state index in [9.17, 15) is 19.2 Å². The van der Waals surface area contributed by atoms with Crippen molar-refractivity contribution >= 4 is 23.8 Å². The third-order valence-corrected chi connectivity index (χ3v) is 8.88. The molecule has 1 saturated heterocycles. The van der Waals surface area contributed by atoms with Gasteiger partial charge in [0.1, 0.15) is 12.1 Å². The van der Waals surface area contributed by atoms with Gasteiger partial charge in [-0.2, -0.15) is 0 Å². The largest absolute Gasteiger partial charge is 0.446 e. The van der Waals surface area contributed by atoms with Gasteiger partial charge in [0.25, 0.3) is 5.91 Å². The number of alkyl carbamates (subject to hydrolysis) is 1. The number of carbonyl (C=O) groups excluding carboxylic acids is 4. The maximum Gasteiger partial charge on any atom is 0.407 e. The van der Waals surface area contributed by atoms with Crippen LogP contribution >= 0.6 is 0 Å². The van der Waals surface area contributed by atoms with Crippen molar-refractivity contribution in [2.24, 2.45) is 17.3 Å². The van der Waals surface area contributed by atoms with Crippen LogP contribution in [0.1, 0.15) is 85.7 Å². The minimum atomic E-state index is -0.627. The highest BCUT2D eigenvalue weighted by Gasteiger charge is 2.51. The third kappa shape index (κ3) is 4.43. The molecular formula is C27H33N3O5. The molecule has 1 spiro atoms. The van der Waals surface area contributed by atoms with Crippen LogP contribution in [-0.4, -0.2) is 40.9 Å². The zero-order chi connectivity index (χ0) is 24.2. The number of nitrogens with one attached hydrogen (secondary N) is 2. The van der Waals surface area contributed by atoms with E-state index in [0.717, 1.165) is 17.5 Å². The van der Waals surface area contributed by atoms with Crippen molar-refractivity contribution in [3.8, 4) is 0 Å². The number of rotatable bonds is 7. The highest BCUT2D eigenvalue weighted by Crippen LogP contribution is 2.60. The molecule has 2 aliphatic heterocycles. The number of amides is 4. The fraction of sp³-hybridized carbons (Fsp3) is 0.630. The van der Waals surface area contributed by atoms with Gasteiger partial charge in [0.2, 0.25) is 11.8 Å². The van der Waals surface area contributed by atoms with Gasteiger partial charge in [-0.05, 0) is 73.0 Å². The average Bonchev–Trinajstić information content (AvgIpc) is 3.53. The van der Waals surface area contributed by atoms with Crippen molar-refractivity contribution in [3.63, 3.8) is 0 Å². The SMILES string of the molecule is O=C1CCC(N2Cc3ccc(CNC(=O)OC(CC4CC4)C4CC5(CCC5)C4)cc3C2=O)C(=O)N1. The van der Waals surface area contributed by atoms with Crippen LogP contribution in [0, 0.1) is 17.3 Å². The molecule has 0 aromatic heterocycles. The lowest BCUT2D eigenvalue weighted by atomic mass is 9.50. The molecule has 5 aliphatic rings. The Balaban J connectivity index is 1.04. The second-order valence-electron chi connectivity index (χ2n) is 11.4. The zero-order valence-corrected chi connectivity index (χ0v) is 20.0. The van der Waals surface area contributed by atoms with Crippen molar-refractivity contribution in [1.82, 2.24) is 15.5 Å². The number of nitrogens with zero attached hydrogens (tertiary/aromatic N) is 1. The van der Waals surface area contributed by atoms with Gasteiger partial charge in [0.05, 0.1) is 0 Å². The van der Waals surface area contributed by atoms with Crippen LogP contribution in [0.15, 0.2) is 18.2 Å². The van der Waals surface area contributed by atoms with E-state index in [1.165, 1.54) is 49.8 Å². The number of fused-ring (bicyclic) bond motifs is 1. The van der Waals surface area contributed by atoms with Gasteiger partial charge >= 0.3 is 6.09 Å². The first-order chi connectivity index (χ1) is 16.9. The Morgan fingerprint density at radius 3 is 2.66 bits per heavy atom. The monoisotopic (exact) mass is 479 g/mol. The lowest BCUT2D eigenvalue weighted by molar-refractivity contribution is -0.136. The molecule has 2 N–H and O–H groups in total. The zero-order valence-electron chi connectivity index (χ0n) is 20.0. The van der Waals surface area contributed by atoms with Crippen LogP contribution in [0.4, 0.5) is 4.79 Å². The molecule has 8 nitrogen and oxygen atoms in total. The van der Waals surface area contributed by atoms with E-state index < -0.39 is 11.9 Å². The van der Waals surface area contributed by atoms with E-state index in [2.05, 4.69) is 10.6 Å². The topological polar surface area (TPSA) is 105 Å². The number of carbonyl (C=O) groups is 4. The molecule has 2 atom stereocenters. The predicted octanol–water partition coefficient (Wildman–Crippen LogP) is 3.42. The van der Waals surface area contributed by atoms with Crippen molar-refractivity contribution in [2.45, 2.75) is 89.4 Å². The second kappa shape index (κ2) is 8.64. The summed E-state index contributed by atoms with van der Waals surface area (Å²) in [7, 11) is 0. The number of hydrogen-bond donors (Lipinski definition) is 2. The molecule has 1 aromatic rings. The summed E-state index contributed by atoms with van der Waals surface area (Å²) in [5.74, 6) is 0.286. The summed E-state index contributed by atoms with van der Waals surface area (Å²) < 4.78 is 5.92. The molecule has 4 amide bonds. The van der Waals surface area contributed by atoms with Gasteiger partial charge in [0, 0.05) is 25.1 Å². The summed E-state index contributed by atoms with van der Waals surface area (Å²) in [4.78, 5) is 50.9. The summed E-state index contributed by atoms with van der Waals surface area (Å²) in [6.07, 6.45) is 10.1. The van der Waals surface area contributed by atoms with E-state index in [-0.39, 0.29) is 37.0 Å². The maximum absolute atomic E-state index is 13.0. The predicted molar refractivity (Wildman–Crippen MR) is 126 cm³/mol. The molecule has 8 heteroatoms. The molecule has 3 saturated carbocycles. The Labute approximate surface area is 205 Å². The molecule has 35 heavy (non-hydrogen) atoms. The summed E-state index contributed by atoms with van der Waals surface area (Å²) in [5.41, 5.74) is 2.78. The molecule has 3 aliphatic carbocycles. The van der Waals surface area contributed by atoms with Crippen LogP contribution < -0.4 is 10.6 Å². The Hall–Kier alpha value is -2.90. The highest BCUT2D eigenvalue weighted by molar-refractivity contribution is 6.05. The Kier molecular flexibility index (Phi) is 5.57. The van der Waals surface area contributed by atoms with Crippen LogP contribution in [-0.2, 0) is 27.4 Å². The van der Waals surface area contributed by atoms with Crippen molar-refractivity contribution < 1.29 is 23.9 Å². The van der Waals surface area contributed by atoms with E-state index in [1.54, 1.807) is 6.07 Å². The van der Waals surface area contributed by atoms with Gasteiger partial charge in [-0.25, -0.2) is 4.79 Å². The van der Waals surface area contributed by atoms with E-state index in [1.807, 2.05) is 12.1 Å². The van der Waals surface area contributed by atoms with Gasteiger partial charge in [-0.15, -0.1) is 0 Å². The first-order valence-corrected chi connectivity index (χ1v) is 13.1. The smallest absolute Gasteiger partial charge is 0.407 e. The van der Waals surface area contributed by atoms with Crippen LogP contribution in [0.5, 0.6) is 0 Å². The maximum atomic E-state index is 13.0. The standard InChI is InChI=1S/C27H33N3O5/c31-23-7-6-21(24(32)29-23)30-15-18-5-4-17(10-20(18)25(30)33)14-28-26(34)35-22(11-16-2-3-16)19-12-27(13-19)8-1-9-27/h4-5,10,16,19,21-22H,1-3,6-9,11-15H2,(H,28,34)(H,29,31,32). The number of piperidine rings is 1. The van der Waals surface area contributed by atoms with Gasteiger partial charge in [-0.1, -0.05) is 31.4 Å².